The first-order valence-corrected chi connectivity index (χ1v) is 14.7. The van der Waals surface area contributed by atoms with Crippen LogP contribution in [0.2, 0.25) is 0 Å². The molecule has 2 aliphatic rings. The number of fused-ring (bicyclic) bond motifs is 1. The first-order chi connectivity index (χ1) is 19.1. The molecule has 0 radical (unpaired) electrons. The fraction of sp³-hybridized carbons (Fsp3) is 0.355. The van der Waals surface area contributed by atoms with Crippen LogP contribution >= 0.6 is 0 Å². The van der Waals surface area contributed by atoms with E-state index in [0.717, 1.165) is 35.6 Å². The lowest BCUT2D eigenvalue weighted by atomic mass is 9.82. The summed E-state index contributed by atoms with van der Waals surface area (Å²) in [6, 6.07) is 14.1. The molecule has 1 saturated carbocycles. The van der Waals surface area contributed by atoms with E-state index in [0.29, 0.717) is 30.8 Å². The second kappa shape index (κ2) is 11.0. The lowest BCUT2D eigenvalue weighted by Gasteiger charge is -2.29. The van der Waals surface area contributed by atoms with Crippen LogP contribution in [-0.4, -0.2) is 27.8 Å². The van der Waals surface area contributed by atoms with Crippen molar-refractivity contribution in [1.29, 1.82) is 0 Å². The Bertz CT molecular complexity index is 1540. The van der Waals surface area contributed by atoms with E-state index in [1.807, 2.05) is 32.0 Å². The minimum absolute atomic E-state index is 0.00737. The number of aldehydes is 1. The number of ether oxygens (including phenoxy) is 2. The molecule has 0 spiro atoms. The summed E-state index contributed by atoms with van der Waals surface area (Å²) in [4.78, 5) is 24.1. The summed E-state index contributed by atoms with van der Waals surface area (Å²) in [5.74, 6) is -0.714. The number of carbonyl (C=O) groups excluding carboxylic acids is 2. The summed E-state index contributed by atoms with van der Waals surface area (Å²) in [5, 5.41) is 0. The van der Waals surface area contributed by atoms with Gasteiger partial charge in [-0.1, -0.05) is 36.8 Å². The van der Waals surface area contributed by atoms with Gasteiger partial charge in [0.05, 0.1) is 18.6 Å². The number of carbonyl (C=O) groups is 2. The van der Waals surface area contributed by atoms with E-state index in [-0.39, 0.29) is 39.6 Å². The van der Waals surface area contributed by atoms with Gasteiger partial charge in [-0.15, -0.1) is 0 Å². The van der Waals surface area contributed by atoms with E-state index in [1.54, 1.807) is 12.1 Å². The maximum atomic E-state index is 15.4. The Morgan fingerprint density at radius 3 is 2.45 bits per heavy atom. The lowest BCUT2D eigenvalue weighted by Crippen LogP contribution is -2.23. The van der Waals surface area contributed by atoms with Crippen molar-refractivity contribution in [2.45, 2.75) is 56.4 Å². The van der Waals surface area contributed by atoms with Gasteiger partial charge in [0.2, 0.25) is 0 Å². The predicted molar refractivity (Wildman–Crippen MR) is 146 cm³/mol. The molecule has 5 rings (SSSR count). The molecule has 3 aromatic carbocycles. The molecule has 0 bridgehead atoms. The van der Waals surface area contributed by atoms with Crippen LogP contribution in [0.4, 0.5) is 4.39 Å². The van der Waals surface area contributed by atoms with Gasteiger partial charge in [-0.05, 0) is 79.8 Å². The first kappa shape index (κ1) is 27.8. The molecular formula is C31H31FO7S. The third-order valence-electron chi connectivity index (χ3n) is 7.77. The quantitative estimate of drug-likeness (QED) is 0.176. The van der Waals surface area contributed by atoms with Crippen LogP contribution in [0.5, 0.6) is 11.5 Å². The maximum Gasteiger partial charge on any atom is 0.339 e. The zero-order chi connectivity index (χ0) is 28.6. The highest BCUT2D eigenvalue weighted by Gasteiger charge is 2.39. The number of hydrogen-bond acceptors (Lipinski definition) is 7. The van der Waals surface area contributed by atoms with Gasteiger partial charge in [0, 0.05) is 11.6 Å². The summed E-state index contributed by atoms with van der Waals surface area (Å²) >= 11 is 0. The standard InChI is InChI=1S/C31H31FO7S/c1-18-4-11-24(12-5-18)40(35,36)39-29-16-26(32)25(14-23(29)17-33)27-13-10-20-6-9-22(15-28(20)38-27)30(21-7-8-21)19(2)31(34)37-3/h4-6,9,11-12,14-17,19,21,27,30H,7-8,10,13H2,1-3H3/t19-,27?,30-/m0/s1. The molecule has 7 nitrogen and oxygen atoms in total. The van der Waals surface area contributed by atoms with Gasteiger partial charge in [-0.2, -0.15) is 8.42 Å². The van der Waals surface area contributed by atoms with E-state index in [4.69, 9.17) is 13.7 Å². The summed E-state index contributed by atoms with van der Waals surface area (Å²) in [5.41, 5.74) is 2.85. The summed E-state index contributed by atoms with van der Waals surface area (Å²) in [6.45, 7) is 3.69. The van der Waals surface area contributed by atoms with E-state index in [9.17, 15) is 18.0 Å². The smallest absolute Gasteiger partial charge is 0.339 e. The molecule has 1 fully saturated rings. The monoisotopic (exact) mass is 566 g/mol. The fourth-order valence-corrected chi connectivity index (χ4v) is 6.39. The van der Waals surface area contributed by atoms with E-state index in [2.05, 4.69) is 0 Å². The molecule has 1 aliphatic heterocycles. The fourth-order valence-electron chi connectivity index (χ4n) is 5.44. The molecule has 0 saturated heterocycles. The number of hydrogen-bond donors (Lipinski definition) is 0. The summed E-state index contributed by atoms with van der Waals surface area (Å²) in [6.07, 6.45) is 2.92. The van der Waals surface area contributed by atoms with Crippen molar-refractivity contribution in [2.75, 3.05) is 7.11 Å². The van der Waals surface area contributed by atoms with Crippen LogP contribution in [-0.2, 0) is 26.1 Å². The largest absolute Gasteiger partial charge is 0.485 e. The zero-order valence-corrected chi connectivity index (χ0v) is 23.4. The third kappa shape index (κ3) is 5.61. The molecule has 9 heteroatoms. The normalized spacial score (nSPS) is 18.1. The van der Waals surface area contributed by atoms with Crippen LogP contribution in [0.25, 0.3) is 0 Å². The molecule has 3 aromatic rings. The molecule has 3 atom stereocenters. The van der Waals surface area contributed by atoms with Crippen molar-refractivity contribution >= 4 is 22.4 Å². The Kier molecular flexibility index (Phi) is 7.68. The lowest BCUT2D eigenvalue weighted by molar-refractivity contribution is -0.145. The number of aryl methyl sites for hydroxylation is 2. The van der Waals surface area contributed by atoms with Crippen LogP contribution in [0.3, 0.4) is 0 Å². The Hall–Kier alpha value is -3.72. The number of benzene rings is 3. The number of esters is 1. The second-order valence-electron chi connectivity index (χ2n) is 10.6. The Balaban J connectivity index is 1.41. The topological polar surface area (TPSA) is 96.0 Å². The van der Waals surface area contributed by atoms with Crippen molar-refractivity contribution in [3.8, 4) is 11.5 Å². The Labute approximate surface area is 233 Å². The minimum atomic E-state index is -4.28. The van der Waals surface area contributed by atoms with Crippen molar-refractivity contribution in [3.63, 3.8) is 0 Å². The number of halogens is 1. The predicted octanol–water partition coefficient (Wildman–Crippen LogP) is 6.08. The Morgan fingerprint density at radius 2 is 1.80 bits per heavy atom. The molecule has 0 N–H and O–H groups in total. The molecule has 1 unspecified atom stereocenters. The molecule has 1 heterocycles. The highest BCUT2D eigenvalue weighted by atomic mass is 32.2. The minimum Gasteiger partial charge on any atom is -0.485 e. The van der Waals surface area contributed by atoms with Crippen LogP contribution < -0.4 is 8.92 Å². The van der Waals surface area contributed by atoms with Gasteiger partial charge in [0.15, 0.2) is 12.0 Å². The van der Waals surface area contributed by atoms with E-state index in [1.165, 1.54) is 25.3 Å². The highest BCUT2D eigenvalue weighted by Crippen LogP contribution is 2.48. The first-order valence-electron chi connectivity index (χ1n) is 13.3. The van der Waals surface area contributed by atoms with Gasteiger partial charge in [0.1, 0.15) is 22.6 Å². The number of rotatable bonds is 9. The molecule has 40 heavy (non-hydrogen) atoms. The average Bonchev–Trinajstić information content (AvgIpc) is 3.77. The van der Waals surface area contributed by atoms with Crippen LogP contribution in [0, 0.1) is 24.6 Å². The van der Waals surface area contributed by atoms with Gasteiger partial charge in [-0.25, -0.2) is 4.39 Å². The van der Waals surface area contributed by atoms with Gasteiger partial charge < -0.3 is 13.7 Å². The average molecular weight is 567 g/mol. The van der Waals surface area contributed by atoms with Crippen molar-refractivity contribution in [2.24, 2.45) is 11.8 Å². The number of methoxy groups -OCH3 is 1. The van der Waals surface area contributed by atoms with Crippen molar-refractivity contribution in [1.82, 2.24) is 0 Å². The molecule has 0 aromatic heterocycles. The molecule has 0 amide bonds. The maximum absolute atomic E-state index is 15.4. The van der Waals surface area contributed by atoms with Crippen LogP contribution in [0.15, 0.2) is 59.5 Å². The summed E-state index contributed by atoms with van der Waals surface area (Å²) < 4.78 is 57.3. The summed E-state index contributed by atoms with van der Waals surface area (Å²) in [7, 11) is -2.89. The zero-order valence-electron chi connectivity index (χ0n) is 22.6. The molecule has 210 valence electrons. The van der Waals surface area contributed by atoms with E-state index < -0.39 is 22.0 Å². The molecule has 1 aliphatic carbocycles. The highest BCUT2D eigenvalue weighted by molar-refractivity contribution is 7.87. The van der Waals surface area contributed by atoms with Gasteiger partial charge in [0.25, 0.3) is 0 Å². The molecular weight excluding hydrogens is 535 g/mol. The van der Waals surface area contributed by atoms with Gasteiger partial charge in [-0.3, -0.25) is 9.59 Å². The van der Waals surface area contributed by atoms with Crippen LogP contribution in [0.1, 0.15) is 70.8 Å². The second-order valence-corrected chi connectivity index (χ2v) is 12.1. The van der Waals surface area contributed by atoms with Crippen molar-refractivity contribution in [3.05, 3.63) is 88.2 Å². The SMILES string of the molecule is COC(=O)[C@@H](C)[C@H](c1ccc2c(c1)OC(c1cc(C=O)c(OS(=O)(=O)c3ccc(C)cc3)cc1F)CC2)C1CC1. The third-order valence-corrected chi connectivity index (χ3v) is 9.02. The Morgan fingerprint density at radius 1 is 1.07 bits per heavy atom. The van der Waals surface area contributed by atoms with Crippen molar-refractivity contribution < 1.29 is 36.1 Å². The van der Waals surface area contributed by atoms with E-state index >= 15 is 4.39 Å². The van der Waals surface area contributed by atoms with Gasteiger partial charge >= 0.3 is 16.1 Å².